The number of rotatable bonds is 39. The van der Waals surface area contributed by atoms with Crippen molar-refractivity contribution >= 4 is 36.6 Å². The van der Waals surface area contributed by atoms with Crippen molar-refractivity contribution in [2.75, 3.05) is 54.4 Å². The van der Waals surface area contributed by atoms with E-state index in [1.54, 1.807) is 0 Å². The fraction of sp³-hybridized carbons (Fsp3) is 0.913. The molecule has 0 rings (SSSR count). The summed E-state index contributed by atoms with van der Waals surface area (Å²) in [6.07, 6.45) is 45.6. The SMILES string of the molecule is CCCCCCCCC=CCCCCCCCC(=O)NCCCN(C)C.CCCCCCCCCCCCCCCCCC(=O)NCCCN(C)C.Cl.Cl. The second-order valence-electron chi connectivity index (χ2n) is 16.0. The minimum absolute atomic E-state index is 0. The summed E-state index contributed by atoms with van der Waals surface area (Å²) in [5, 5.41) is 6.03. The van der Waals surface area contributed by atoms with Crippen LogP contribution in [0.4, 0.5) is 0 Å². The highest BCUT2D eigenvalue weighted by atomic mass is 35.5. The molecule has 6 nitrogen and oxygen atoms in total. The molecule has 0 fully saturated rings. The first-order chi connectivity index (χ1) is 25.3. The van der Waals surface area contributed by atoms with Gasteiger partial charge in [-0.1, -0.05) is 167 Å². The van der Waals surface area contributed by atoms with E-state index >= 15 is 0 Å². The quantitative estimate of drug-likeness (QED) is 0.0480. The van der Waals surface area contributed by atoms with Crippen LogP contribution in [0.2, 0.25) is 0 Å². The van der Waals surface area contributed by atoms with Crippen molar-refractivity contribution in [2.45, 2.75) is 219 Å². The molecule has 0 aromatic rings. The van der Waals surface area contributed by atoms with E-state index in [1.165, 1.54) is 167 Å². The lowest BCUT2D eigenvalue weighted by atomic mass is 10.0. The van der Waals surface area contributed by atoms with Crippen LogP contribution in [0.25, 0.3) is 0 Å². The highest BCUT2D eigenvalue weighted by Gasteiger charge is 2.02. The van der Waals surface area contributed by atoms with Crippen LogP contribution < -0.4 is 10.6 Å². The van der Waals surface area contributed by atoms with E-state index in [1.807, 2.05) is 0 Å². The number of nitrogens with one attached hydrogen (secondary N) is 2. The number of unbranched alkanes of at least 4 members (excludes halogenated alkanes) is 25. The van der Waals surface area contributed by atoms with E-state index in [2.05, 4.69) is 74.6 Å². The Morgan fingerprint density at radius 2 is 0.648 bits per heavy atom. The zero-order valence-corrected chi connectivity index (χ0v) is 38.8. The van der Waals surface area contributed by atoms with E-state index in [4.69, 9.17) is 0 Å². The summed E-state index contributed by atoms with van der Waals surface area (Å²) in [5.41, 5.74) is 0. The molecule has 0 spiro atoms. The molecule has 0 saturated heterocycles. The molecule has 0 aliphatic carbocycles. The maximum absolute atomic E-state index is 11.7. The fourth-order valence-electron chi connectivity index (χ4n) is 6.44. The maximum atomic E-state index is 11.7. The Kier molecular flexibility index (Phi) is 57.8. The molecular weight excluding hydrogens is 711 g/mol. The van der Waals surface area contributed by atoms with Gasteiger partial charge in [0.2, 0.25) is 11.8 Å². The van der Waals surface area contributed by atoms with Gasteiger partial charge in [-0.05, 0) is 92.6 Å². The molecule has 8 heteroatoms. The van der Waals surface area contributed by atoms with Gasteiger partial charge < -0.3 is 20.4 Å². The number of hydrogen-bond donors (Lipinski definition) is 2. The van der Waals surface area contributed by atoms with E-state index in [0.29, 0.717) is 12.8 Å². The molecule has 0 heterocycles. The monoisotopic (exact) mass is 807 g/mol. The third-order valence-corrected chi connectivity index (χ3v) is 9.88. The Morgan fingerprint density at radius 1 is 0.389 bits per heavy atom. The molecule has 0 aromatic heterocycles. The van der Waals surface area contributed by atoms with Gasteiger partial charge in [-0.3, -0.25) is 9.59 Å². The van der Waals surface area contributed by atoms with E-state index in [-0.39, 0.29) is 36.6 Å². The number of carbonyl (C=O) groups is 2. The maximum Gasteiger partial charge on any atom is 0.219 e. The molecule has 54 heavy (non-hydrogen) atoms. The minimum atomic E-state index is 0. The molecule has 0 unspecified atom stereocenters. The van der Waals surface area contributed by atoms with Crippen LogP contribution in [0, 0.1) is 0 Å². The first-order valence-electron chi connectivity index (χ1n) is 22.8. The summed E-state index contributed by atoms with van der Waals surface area (Å²) in [4.78, 5) is 27.7. The van der Waals surface area contributed by atoms with E-state index < -0.39 is 0 Å². The second kappa shape index (κ2) is 52.2. The molecule has 0 bridgehead atoms. The first kappa shape index (κ1) is 59.9. The van der Waals surface area contributed by atoms with Crippen molar-refractivity contribution in [1.29, 1.82) is 0 Å². The number of allylic oxidation sites excluding steroid dienone is 2. The fourth-order valence-corrected chi connectivity index (χ4v) is 6.44. The van der Waals surface area contributed by atoms with Gasteiger partial charge in [-0.25, -0.2) is 0 Å². The highest BCUT2D eigenvalue weighted by Crippen LogP contribution is 2.14. The first-order valence-corrected chi connectivity index (χ1v) is 22.8. The molecule has 0 radical (unpaired) electrons. The average Bonchev–Trinajstić information content (AvgIpc) is 3.12. The van der Waals surface area contributed by atoms with Crippen LogP contribution in [0.3, 0.4) is 0 Å². The summed E-state index contributed by atoms with van der Waals surface area (Å²) in [5.74, 6) is 0.458. The summed E-state index contributed by atoms with van der Waals surface area (Å²) in [7, 11) is 8.26. The van der Waals surface area contributed by atoms with E-state index in [0.717, 1.165) is 51.9 Å². The number of halogens is 2. The molecule has 0 aromatic carbocycles. The molecule has 0 aliphatic heterocycles. The summed E-state index contributed by atoms with van der Waals surface area (Å²) < 4.78 is 0. The second-order valence-corrected chi connectivity index (χ2v) is 16.0. The molecule has 2 N–H and O–H groups in total. The molecule has 0 saturated carbocycles. The number of amides is 2. The summed E-state index contributed by atoms with van der Waals surface area (Å²) in [6.45, 7) is 8.25. The standard InChI is InChI=1S/C23H48N2O.C23H46N2O.2ClH/c2*1-4-5-6-7-8-9-10-11-12-13-14-15-16-17-18-20-23(26)24-21-19-22-25(2)3;;/h4-22H2,1-3H3,(H,24,26);11-12H,4-10,13-22H2,1-3H3,(H,24,26);2*1H. The highest BCUT2D eigenvalue weighted by molar-refractivity contribution is 5.85. The van der Waals surface area contributed by atoms with Gasteiger partial charge in [0.05, 0.1) is 0 Å². The van der Waals surface area contributed by atoms with Crippen LogP contribution in [-0.4, -0.2) is 76.0 Å². The largest absolute Gasteiger partial charge is 0.356 e. The lowest BCUT2D eigenvalue weighted by molar-refractivity contribution is -0.122. The Hall–Kier alpha value is -0.820. The number of carbonyl (C=O) groups excluding carboxylic acids is 2. The van der Waals surface area contributed by atoms with Gasteiger partial charge in [0.25, 0.3) is 0 Å². The number of nitrogens with zero attached hydrogens (tertiary/aromatic N) is 2. The average molecular weight is 808 g/mol. The number of hydrogen-bond acceptors (Lipinski definition) is 4. The summed E-state index contributed by atoms with van der Waals surface area (Å²) in [6, 6.07) is 0. The Bertz CT molecular complexity index is 752. The van der Waals surface area contributed by atoms with Crippen LogP contribution in [0.5, 0.6) is 0 Å². The van der Waals surface area contributed by atoms with Gasteiger partial charge in [0.15, 0.2) is 0 Å². The zero-order chi connectivity index (χ0) is 38.6. The van der Waals surface area contributed by atoms with Crippen molar-refractivity contribution in [2.24, 2.45) is 0 Å². The van der Waals surface area contributed by atoms with Gasteiger partial charge in [-0.15, -0.1) is 24.8 Å². The van der Waals surface area contributed by atoms with Crippen molar-refractivity contribution in [3.05, 3.63) is 12.2 Å². The van der Waals surface area contributed by atoms with Crippen LogP contribution in [0.1, 0.15) is 219 Å². The lowest BCUT2D eigenvalue weighted by Crippen LogP contribution is -2.26. The molecule has 0 aliphatic rings. The Morgan fingerprint density at radius 3 is 0.926 bits per heavy atom. The van der Waals surface area contributed by atoms with Crippen LogP contribution in [0.15, 0.2) is 12.2 Å². The molecule has 2 amide bonds. The predicted molar refractivity (Wildman–Crippen MR) is 246 cm³/mol. The zero-order valence-electron chi connectivity index (χ0n) is 37.1. The van der Waals surface area contributed by atoms with Crippen LogP contribution >= 0.6 is 24.8 Å². The van der Waals surface area contributed by atoms with Gasteiger partial charge in [-0.2, -0.15) is 0 Å². The topological polar surface area (TPSA) is 64.7 Å². The van der Waals surface area contributed by atoms with Crippen molar-refractivity contribution in [1.82, 2.24) is 20.4 Å². The van der Waals surface area contributed by atoms with Crippen molar-refractivity contribution < 1.29 is 9.59 Å². The molecule has 0 atom stereocenters. The van der Waals surface area contributed by atoms with E-state index in [9.17, 15) is 9.59 Å². The molecular formula is C46H96Cl2N4O2. The van der Waals surface area contributed by atoms with Gasteiger partial charge in [0.1, 0.15) is 0 Å². The summed E-state index contributed by atoms with van der Waals surface area (Å²) >= 11 is 0. The minimum Gasteiger partial charge on any atom is -0.356 e. The van der Waals surface area contributed by atoms with Crippen molar-refractivity contribution in [3.63, 3.8) is 0 Å². The predicted octanol–water partition coefficient (Wildman–Crippen LogP) is 13.3. The van der Waals surface area contributed by atoms with Gasteiger partial charge in [0, 0.05) is 25.9 Å². The third-order valence-electron chi connectivity index (χ3n) is 9.88. The normalized spacial score (nSPS) is 11.0. The van der Waals surface area contributed by atoms with Crippen LogP contribution in [-0.2, 0) is 9.59 Å². The third kappa shape index (κ3) is 57.9. The van der Waals surface area contributed by atoms with Gasteiger partial charge >= 0.3 is 0 Å². The van der Waals surface area contributed by atoms with Crippen molar-refractivity contribution in [3.8, 4) is 0 Å². The Labute approximate surface area is 351 Å². The Balaban J connectivity index is -0.000000446. The smallest absolute Gasteiger partial charge is 0.219 e. The lowest BCUT2D eigenvalue weighted by Gasteiger charge is -2.09. The molecule has 326 valence electrons.